The highest BCUT2D eigenvalue weighted by molar-refractivity contribution is 5.37. The molecule has 0 aliphatic carbocycles. The molecular weight excluding hydrogens is 215 g/mol. The smallest absolute Gasteiger partial charge is 0.122 e. The van der Waals surface area contributed by atoms with Crippen molar-refractivity contribution in [2.45, 2.75) is 46.0 Å². The second kappa shape index (κ2) is 7.31. The van der Waals surface area contributed by atoms with E-state index >= 15 is 0 Å². The monoisotopic (exact) mass is 238 g/mol. The van der Waals surface area contributed by atoms with Gasteiger partial charge < -0.3 is 4.74 Å². The number of benzene rings is 1. The summed E-state index contributed by atoms with van der Waals surface area (Å²) in [6, 6.07) is 6.37. The van der Waals surface area contributed by atoms with Gasteiger partial charge in [0.2, 0.25) is 0 Å². The van der Waals surface area contributed by atoms with Crippen molar-refractivity contribution in [3.63, 3.8) is 0 Å². The van der Waals surface area contributed by atoms with E-state index in [0.717, 1.165) is 18.6 Å². The predicted molar refractivity (Wildman–Crippen MR) is 70.6 cm³/mol. The molecule has 1 rings (SSSR count). The summed E-state index contributed by atoms with van der Waals surface area (Å²) in [6.45, 7) is 6.87. The highest BCUT2D eigenvalue weighted by Gasteiger charge is 2.04. The summed E-state index contributed by atoms with van der Waals surface area (Å²) in [7, 11) is 0. The lowest BCUT2D eigenvalue weighted by molar-refractivity contribution is 0.299. The van der Waals surface area contributed by atoms with Crippen LogP contribution in [0.2, 0.25) is 0 Å². The maximum Gasteiger partial charge on any atom is 0.122 e. The number of hydrogen-bond acceptors (Lipinski definition) is 1. The summed E-state index contributed by atoms with van der Waals surface area (Å²) in [5.41, 5.74) is 2.47. The van der Waals surface area contributed by atoms with E-state index in [-0.39, 0.29) is 6.67 Å². The summed E-state index contributed by atoms with van der Waals surface area (Å²) in [4.78, 5) is 0. The molecule has 0 aliphatic rings. The Kier molecular flexibility index (Phi) is 6.03. The zero-order valence-corrected chi connectivity index (χ0v) is 11.1. The largest absolute Gasteiger partial charge is 0.493 e. The minimum Gasteiger partial charge on any atom is -0.493 e. The molecule has 0 heterocycles. The molecule has 96 valence electrons. The fraction of sp³-hybridized carbons (Fsp3) is 0.600. The first-order valence-electron chi connectivity index (χ1n) is 6.44. The Labute approximate surface area is 104 Å². The summed E-state index contributed by atoms with van der Waals surface area (Å²) in [6.07, 6.45) is 2.48. The Morgan fingerprint density at radius 3 is 2.59 bits per heavy atom. The van der Waals surface area contributed by atoms with Crippen LogP contribution in [0.15, 0.2) is 18.2 Å². The number of ether oxygens (including phenoxy) is 1. The first-order valence-corrected chi connectivity index (χ1v) is 6.44. The first kappa shape index (κ1) is 14.0. The Balaban J connectivity index is 2.49. The summed E-state index contributed by atoms with van der Waals surface area (Å²) in [5.74, 6) is 1.49. The van der Waals surface area contributed by atoms with Gasteiger partial charge in [-0.05, 0) is 49.3 Å². The van der Waals surface area contributed by atoms with Gasteiger partial charge in [0.05, 0.1) is 13.3 Å². The van der Waals surface area contributed by atoms with Crippen molar-refractivity contribution in [3.8, 4) is 5.75 Å². The average Bonchev–Trinajstić information content (AvgIpc) is 2.30. The van der Waals surface area contributed by atoms with Crippen molar-refractivity contribution in [1.29, 1.82) is 0 Å². The molecule has 1 aromatic rings. The van der Waals surface area contributed by atoms with Crippen LogP contribution in [-0.4, -0.2) is 13.3 Å². The van der Waals surface area contributed by atoms with E-state index in [4.69, 9.17) is 4.74 Å². The third kappa shape index (κ3) is 4.76. The molecule has 17 heavy (non-hydrogen) atoms. The summed E-state index contributed by atoms with van der Waals surface area (Å²) >= 11 is 0. The Morgan fingerprint density at radius 1 is 1.18 bits per heavy atom. The Morgan fingerprint density at radius 2 is 1.94 bits per heavy atom. The van der Waals surface area contributed by atoms with E-state index in [2.05, 4.69) is 39.0 Å². The van der Waals surface area contributed by atoms with Crippen LogP contribution in [0, 0.1) is 6.92 Å². The molecule has 0 saturated carbocycles. The highest BCUT2D eigenvalue weighted by atomic mass is 19.1. The number of aryl methyl sites for hydroxylation is 1. The molecular formula is C15H23FO. The first-order chi connectivity index (χ1) is 8.15. The second-order valence-corrected chi connectivity index (χ2v) is 4.78. The highest BCUT2D eigenvalue weighted by Crippen LogP contribution is 2.24. The fourth-order valence-electron chi connectivity index (χ4n) is 1.69. The Hall–Kier alpha value is -1.05. The van der Waals surface area contributed by atoms with Crippen molar-refractivity contribution in [3.05, 3.63) is 29.3 Å². The number of rotatable bonds is 7. The van der Waals surface area contributed by atoms with Crippen LogP contribution in [0.4, 0.5) is 4.39 Å². The quantitative estimate of drug-likeness (QED) is 0.629. The molecule has 0 N–H and O–H groups in total. The Bertz CT molecular complexity index is 334. The topological polar surface area (TPSA) is 9.23 Å². The molecule has 1 aromatic carbocycles. The van der Waals surface area contributed by atoms with Crippen LogP contribution in [0.25, 0.3) is 0 Å². The van der Waals surface area contributed by atoms with E-state index < -0.39 is 0 Å². The molecule has 0 aromatic heterocycles. The number of alkyl halides is 1. The van der Waals surface area contributed by atoms with Crippen molar-refractivity contribution >= 4 is 0 Å². The van der Waals surface area contributed by atoms with E-state index in [0.29, 0.717) is 18.9 Å². The number of unbranched alkanes of at least 4 members (excludes halogenated alkanes) is 2. The molecule has 0 saturated heterocycles. The lowest BCUT2D eigenvalue weighted by Crippen LogP contribution is -2.00. The van der Waals surface area contributed by atoms with Gasteiger partial charge in [-0.25, -0.2) is 0 Å². The van der Waals surface area contributed by atoms with Crippen molar-refractivity contribution in [2.75, 3.05) is 13.3 Å². The van der Waals surface area contributed by atoms with Gasteiger partial charge >= 0.3 is 0 Å². The van der Waals surface area contributed by atoms with Gasteiger partial charge in [-0.1, -0.05) is 26.0 Å². The molecule has 2 heteroatoms. The van der Waals surface area contributed by atoms with E-state index in [9.17, 15) is 4.39 Å². The van der Waals surface area contributed by atoms with E-state index in [1.165, 1.54) is 11.1 Å². The van der Waals surface area contributed by atoms with E-state index in [1.54, 1.807) is 0 Å². The lowest BCUT2D eigenvalue weighted by Gasteiger charge is -2.12. The van der Waals surface area contributed by atoms with Gasteiger partial charge in [0.25, 0.3) is 0 Å². The van der Waals surface area contributed by atoms with Crippen molar-refractivity contribution in [2.24, 2.45) is 0 Å². The molecule has 0 amide bonds. The molecule has 0 atom stereocenters. The number of hydrogen-bond donors (Lipinski definition) is 0. The standard InChI is InChI=1S/C15H23FO/c1-12(2)14-8-7-13(3)15(11-14)17-10-6-4-5-9-16/h7-8,11-12H,4-6,9-10H2,1-3H3. The van der Waals surface area contributed by atoms with Crippen molar-refractivity contribution in [1.82, 2.24) is 0 Å². The van der Waals surface area contributed by atoms with Crippen LogP contribution >= 0.6 is 0 Å². The van der Waals surface area contributed by atoms with Crippen molar-refractivity contribution < 1.29 is 9.13 Å². The molecule has 0 aliphatic heterocycles. The fourth-order valence-corrected chi connectivity index (χ4v) is 1.69. The maximum atomic E-state index is 11.9. The average molecular weight is 238 g/mol. The van der Waals surface area contributed by atoms with Gasteiger partial charge in [-0.3, -0.25) is 4.39 Å². The number of halogens is 1. The van der Waals surface area contributed by atoms with Crippen LogP contribution < -0.4 is 4.74 Å². The van der Waals surface area contributed by atoms with Crippen LogP contribution in [-0.2, 0) is 0 Å². The van der Waals surface area contributed by atoms with Gasteiger partial charge in [-0.15, -0.1) is 0 Å². The maximum absolute atomic E-state index is 11.9. The molecule has 0 unspecified atom stereocenters. The SMILES string of the molecule is Cc1ccc(C(C)C)cc1OCCCCCF. The van der Waals surface area contributed by atoms with E-state index in [1.807, 2.05) is 0 Å². The normalized spacial score (nSPS) is 10.9. The molecule has 0 spiro atoms. The van der Waals surface area contributed by atoms with Crippen LogP contribution in [0.1, 0.15) is 50.2 Å². The third-order valence-corrected chi connectivity index (χ3v) is 2.91. The minimum atomic E-state index is -0.220. The zero-order chi connectivity index (χ0) is 12.7. The minimum absolute atomic E-state index is 0.220. The lowest BCUT2D eigenvalue weighted by atomic mass is 10.0. The van der Waals surface area contributed by atoms with Gasteiger partial charge in [0.1, 0.15) is 5.75 Å². The molecule has 0 bridgehead atoms. The van der Waals surface area contributed by atoms with Crippen LogP contribution in [0.3, 0.4) is 0 Å². The molecule has 1 nitrogen and oxygen atoms in total. The molecule has 0 fully saturated rings. The third-order valence-electron chi connectivity index (χ3n) is 2.91. The van der Waals surface area contributed by atoms with Gasteiger partial charge in [0.15, 0.2) is 0 Å². The van der Waals surface area contributed by atoms with Gasteiger partial charge in [-0.2, -0.15) is 0 Å². The van der Waals surface area contributed by atoms with Gasteiger partial charge in [0, 0.05) is 0 Å². The zero-order valence-electron chi connectivity index (χ0n) is 11.1. The van der Waals surface area contributed by atoms with Crippen LogP contribution in [0.5, 0.6) is 5.75 Å². The predicted octanol–water partition coefficient (Wildman–Crippen LogP) is 4.64. The second-order valence-electron chi connectivity index (χ2n) is 4.78. The summed E-state index contributed by atoms with van der Waals surface area (Å²) < 4.78 is 17.7. The summed E-state index contributed by atoms with van der Waals surface area (Å²) in [5, 5.41) is 0. The molecule has 0 radical (unpaired) electrons.